The van der Waals surface area contributed by atoms with Gasteiger partial charge in [-0.3, -0.25) is 4.98 Å². The van der Waals surface area contributed by atoms with Crippen LogP contribution in [0.1, 0.15) is 45.0 Å². The number of anilines is 1. The van der Waals surface area contributed by atoms with E-state index in [0.29, 0.717) is 23.8 Å². The van der Waals surface area contributed by atoms with E-state index in [2.05, 4.69) is 26.7 Å². The maximum atomic E-state index is 6.04. The molecule has 3 aromatic heterocycles. The van der Waals surface area contributed by atoms with E-state index in [1.54, 1.807) is 6.20 Å². The Labute approximate surface area is 147 Å². The Morgan fingerprint density at radius 3 is 2.80 bits per heavy atom. The second-order valence-corrected chi connectivity index (χ2v) is 6.33. The summed E-state index contributed by atoms with van der Waals surface area (Å²) in [4.78, 5) is 8.96. The number of nitrogens with zero attached hydrogens (tertiary/aromatic N) is 5. The van der Waals surface area contributed by atoms with Crippen LogP contribution in [-0.4, -0.2) is 30.8 Å². The van der Waals surface area contributed by atoms with Crippen LogP contribution in [0.5, 0.6) is 5.88 Å². The second kappa shape index (κ2) is 7.46. The van der Waals surface area contributed by atoms with Crippen molar-refractivity contribution >= 4 is 16.9 Å². The highest BCUT2D eigenvalue weighted by Crippen LogP contribution is 2.29. The number of imidazole rings is 1. The number of fused-ring (bicyclic) bond motifs is 1. The van der Waals surface area contributed by atoms with Crippen LogP contribution >= 0.6 is 0 Å². The third-order valence-corrected chi connectivity index (χ3v) is 3.91. The maximum Gasteiger partial charge on any atom is 0.260 e. The summed E-state index contributed by atoms with van der Waals surface area (Å²) in [5, 5.41) is 8.19. The first-order valence-electron chi connectivity index (χ1n) is 8.67. The lowest BCUT2D eigenvalue weighted by Gasteiger charge is -2.13. The molecule has 0 aliphatic heterocycles. The molecule has 0 bridgehead atoms. The fraction of sp³-hybridized carbons (Fsp3) is 0.444. The third kappa shape index (κ3) is 3.70. The van der Waals surface area contributed by atoms with Gasteiger partial charge in [-0.05, 0) is 31.9 Å². The van der Waals surface area contributed by atoms with E-state index in [0.717, 1.165) is 36.2 Å². The fourth-order valence-corrected chi connectivity index (χ4v) is 2.76. The van der Waals surface area contributed by atoms with E-state index in [1.165, 1.54) is 0 Å². The zero-order valence-electron chi connectivity index (χ0n) is 14.9. The Morgan fingerprint density at radius 2 is 2.12 bits per heavy atom. The summed E-state index contributed by atoms with van der Waals surface area (Å²) in [6.45, 7) is 6.73. The topological polar surface area (TPSA) is 91.7 Å². The van der Waals surface area contributed by atoms with Crippen molar-refractivity contribution in [1.29, 1.82) is 0 Å². The van der Waals surface area contributed by atoms with E-state index in [-0.39, 0.29) is 6.10 Å². The van der Waals surface area contributed by atoms with E-state index >= 15 is 0 Å². The minimum absolute atomic E-state index is 0.0121. The van der Waals surface area contributed by atoms with Gasteiger partial charge in [-0.25, -0.2) is 4.98 Å². The van der Waals surface area contributed by atoms with Gasteiger partial charge in [-0.15, -0.1) is 10.2 Å². The van der Waals surface area contributed by atoms with Gasteiger partial charge in [0.25, 0.3) is 5.88 Å². The summed E-state index contributed by atoms with van der Waals surface area (Å²) in [6, 6.07) is 3.98. The third-order valence-electron chi connectivity index (χ3n) is 3.91. The summed E-state index contributed by atoms with van der Waals surface area (Å²) >= 11 is 0. The predicted molar refractivity (Wildman–Crippen MR) is 97.5 cm³/mol. The van der Waals surface area contributed by atoms with E-state index in [1.807, 2.05) is 32.2 Å². The molecule has 2 N–H and O–H groups in total. The fourth-order valence-electron chi connectivity index (χ4n) is 2.76. The van der Waals surface area contributed by atoms with Crippen LogP contribution in [-0.2, 0) is 13.0 Å². The minimum Gasteiger partial charge on any atom is -0.472 e. The molecule has 0 saturated carbocycles. The summed E-state index contributed by atoms with van der Waals surface area (Å²) in [5.41, 5.74) is 8.59. The van der Waals surface area contributed by atoms with E-state index in [4.69, 9.17) is 15.5 Å². The van der Waals surface area contributed by atoms with Crippen molar-refractivity contribution in [2.75, 3.05) is 5.73 Å². The molecule has 0 aliphatic carbocycles. The van der Waals surface area contributed by atoms with Crippen LogP contribution in [0.4, 0.5) is 5.82 Å². The van der Waals surface area contributed by atoms with Crippen molar-refractivity contribution in [2.24, 2.45) is 0 Å². The molecule has 0 atom stereocenters. The first kappa shape index (κ1) is 17.1. The molecule has 7 heteroatoms. The Bertz CT molecular complexity index is 844. The summed E-state index contributed by atoms with van der Waals surface area (Å²) in [5.74, 6) is 1.77. The number of nitrogen functional groups attached to an aromatic ring is 1. The van der Waals surface area contributed by atoms with E-state index in [9.17, 15) is 0 Å². The molecule has 0 unspecified atom stereocenters. The van der Waals surface area contributed by atoms with Crippen molar-refractivity contribution in [3.8, 4) is 5.88 Å². The number of unbranched alkanes of at least 4 members (excludes halogenated alkanes) is 1. The summed E-state index contributed by atoms with van der Waals surface area (Å²) in [6.07, 6.45) is 6.63. The van der Waals surface area contributed by atoms with Crippen molar-refractivity contribution in [2.45, 2.75) is 52.7 Å². The Kier molecular flexibility index (Phi) is 5.11. The summed E-state index contributed by atoms with van der Waals surface area (Å²) < 4.78 is 8.00. The largest absolute Gasteiger partial charge is 0.472 e. The molecule has 0 aliphatic rings. The van der Waals surface area contributed by atoms with Crippen molar-refractivity contribution < 1.29 is 4.74 Å². The number of aromatic nitrogens is 5. The molecule has 3 heterocycles. The number of aryl methyl sites for hydroxylation is 1. The number of rotatable bonds is 7. The number of hydrogen-bond acceptors (Lipinski definition) is 6. The lowest BCUT2D eigenvalue weighted by Crippen LogP contribution is -2.12. The van der Waals surface area contributed by atoms with Crippen molar-refractivity contribution in [3.05, 3.63) is 35.9 Å². The van der Waals surface area contributed by atoms with Crippen LogP contribution in [0.3, 0.4) is 0 Å². The standard InChI is InChI=1S/C18H24N6O/c1-4-5-8-14-21-15-16(18(25-12(2)3)23-22-17(15)19)24(14)11-13-7-6-9-20-10-13/h6-7,9-10,12H,4-5,8,11H2,1-3H3,(H2,19,22). The number of ether oxygens (including phenoxy) is 1. The molecule has 3 rings (SSSR count). The minimum atomic E-state index is -0.0121. The second-order valence-electron chi connectivity index (χ2n) is 6.33. The van der Waals surface area contributed by atoms with Gasteiger partial charge in [-0.1, -0.05) is 19.4 Å². The lowest BCUT2D eigenvalue weighted by molar-refractivity contribution is 0.232. The van der Waals surface area contributed by atoms with Crippen LogP contribution in [0.15, 0.2) is 24.5 Å². The van der Waals surface area contributed by atoms with Gasteiger partial charge in [0.15, 0.2) is 5.82 Å². The number of hydrogen-bond donors (Lipinski definition) is 1. The van der Waals surface area contributed by atoms with Crippen molar-refractivity contribution in [3.63, 3.8) is 0 Å². The average Bonchev–Trinajstić information content (AvgIpc) is 2.96. The molecule has 0 saturated heterocycles. The predicted octanol–water partition coefficient (Wildman–Crippen LogP) is 2.98. The Morgan fingerprint density at radius 1 is 1.28 bits per heavy atom. The SMILES string of the molecule is CCCCc1nc2c(N)nnc(OC(C)C)c2n1Cc1cccnc1. The number of nitrogens with two attached hydrogens (primary N) is 1. The monoisotopic (exact) mass is 340 g/mol. The molecule has 0 fully saturated rings. The highest BCUT2D eigenvalue weighted by Gasteiger charge is 2.20. The molecule has 0 amide bonds. The molecule has 132 valence electrons. The van der Waals surface area contributed by atoms with Crippen LogP contribution in [0.2, 0.25) is 0 Å². The molecular weight excluding hydrogens is 316 g/mol. The maximum absolute atomic E-state index is 6.04. The smallest absolute Gasteiger partial charge is 0.260 e. The van der Waals surface area contributed by atoms with Gasteiger partial charge in [0.2, 0.25) is 0 Å². The van der Waals surface area contributed by atoms with Gasteiger partial charge in [0, 0.05) is 18.8 Å². The highest BCUT2D eigenvalue weighted by atomic mass is 16.5. The molecule has 3 aromatic rings. The van der Waals surface area contributed by atoms with Gasteiger partial charge in [0.05, 0.1) is 12.6 Å². The van der Waals surface area contributed by atoms with Crippen molar-refractivity contribution in [1.82, 2.24) is 24.7 Å². The molecular formula is C18H24N6O. The first-order chi connectivity index (χ1) is 12.1. The highest BCUT2D eigenvalue weighted by molar-refractivity contribution is 5.88. The average molecular weight is 340 g/mol. The van der Waals surface area contributed by atoms with Crippen LogP contribution in [0, 0.1) is 0 Å². The van der Waals surface area contributed by atoms with Gasteiger partial charge in [-0.2, -0.15) is 0 Å². The van der Waals surface area contributed by atoms with E-state index < -0.39 is 0 Å². The normalized spacial score (nSPS) is 11.4. The molecule has 0 aromatic carbocycles. The van der Waals surface area contributed by atoms with Gasteiger partial charge >= 0.3 is 0 Å². The Balaban J connectivity index is 2.16. The lowest BCUT2D eigenvalue weighted by atomic mass is 10.2. The summed E-state index contributed by atoms with van der Waals surface area (Å²) in [7, 11) is 0. The molecule has 25 heavy (non-hydrogen) atoms. The van der Waals surface area contributed by atoms with Crippen LogP contribution in [0.25, 0.3) is 11.0 Å². The van der Waals surface area contributed by atoms with Gasteiger partial charge in [0.1, 0.15) is 16.9 Å². The molecule has 0 radical (unpaired) electrons. The quantitative estimate of drug-likeness (QED) is 0.711. The molecule has 7 nitrogen and oxygen atoms in total. The van der Waals surface area contributed by atoms with Crippen LogP contribution < -0.4 is 10.5 Å². The van der Waals surface area contributed by atoms with Gasteiger partial charge < -0.3 is 15.0 Å². The first-order valence-corrected chi connectivity index (χ1v) is 8.67. The zero-order chi connectivity index (χ0) is 17.8. The zero-order valence-corrected chi connectivity index (χ0v) is 14.9. The number of pyridine rings is 1. The Hall–Kier alpha value is -2.70. The molecule has 0 spiro atoms.